The van der Waals surface area contributed by atoms with E-state index in [1.165, 1.54) is 14.2 Å². The molecule has 0 atom stereocenters. The van der Waals surface area contributed by atoms with Crippen molar-refractivity contribution in [2.45, 2.75) is 6.18 Å². The number of ether oxygens (including phenoxy) is 3. The lowest BCUT2D eigenvalue weighted by atomic mass is 10.0. The Labute approximate surface area is 142 Å². The van der Waals surface area contributed by atoms with Gasteiger partial charge in [-0.15, -0.1) is 0 Å². The maximum atomic E-state index is 13.6. The fourth-order valence-electron chi connectivity index (χ4n) is 2.34. The van der Waals surface area contributed by atoms with Gasteiger partial charge < -0.3 is 19.5 Å². The van der Waals surface area contributed by atoms with Crippen molar-refractivity contribution in [3.63, 3.8) is 0 Å². The van der Waals surface area contributed by atoms with Crippen molar-refractivity contribution in [3.05, 3.63) is 47.5 Å². The number of anilines is 1. The van der Waals surface area contributed by atoms with Gasteiger partial charge in [-0.1, -0.05) is 18.2 Å². The van der Waals surface area contributed by atoms with Crippen LogP contribution in [0.4, 0.5) is 18.9 Å². The van der Waals surface area contributed by atoms with Crippen LogP contribution in [-0.2, 0) is 6.18 Å². The largest absolute Gasteiger partial charge is 0.493 e. The smallest absolute Gasteiger partial charge is 0.420 e. The third-order valence-corrected chi connectivity index (χ3v) is 3.39. The number of amides is 1. The van der Waals surface area contributed by atoms with Gasteiger partial charge in [0, 0.05) is 5.69 Å². The van der Waals surface area contributed by atoms with E-state index in [1.54, 1.807) is 30.3 Å². The molecular formula is C17H16F3NO4. The molecule has 0 bridgehead atoms. The van der Waals surface area contributed by atoms with Crippen molar-refractivity contribution in [3.8, 4) is 17.2 Å². The van der Waals surface area contributed by atoms with Gasteiger partial charge in [0.2, 0.25) is 5.75 Å². The van der Waals surface area contributed by atoms with Crippen LogP contribution in [0.3, 0.4) is 0 Å². The summed E-state index contributed by atoms with van der Waals surface area (Å²) >= 11 is 0. The van der Waals surface area contributed by atoms with Crippen LogP contribution < -0.4 is 19.5 Å². The van der Waals surface area contributed by atoms with E-state index in [0.29, 0.717) is 5.69 Å². The minimum atomic E-state index is -4.84. The van der Waals surface area contributed by atoms with E-state index in [0.717, 1.165) is 13.2 Å². The van der Waals surface area contributed by atoms with Crippen LogP contribution >= 0.6 is 0 Å². The van der Waals surface area contributed by atoms with Gasteiger partial charge in [-0.3, -0.25) is 4.79 Å². The first-order valence-corrected chi connectivity index (χ1v) is 7.10. The lowest BCUT2D eigenvalue weighted by Crippen LogP contribution is -2.20. The fraction of sp³-hybridized carbons (Fsp3) is 0.235. The molecule has 2 rings (SSSR count). The van der Waals surface area contributed by atoms with Gasteiger partial charge in [-0.05, 0) is 18.2 Å². The Bertz CT molecular complexity index is 761. The zero-order valence-corrected chi connectivity index (χ0v) is 13.7. The van der Waals surface area contributed by atoms with Gasteiger partial charge in [0.25, 0.3) is 5.91 Å². The minimum Gasteiger partial charge on any atom is -0.493 e. The molecule has 0 unspecified atom stereocenters. The van der Waals surface area contributed by atoms with E-state index in [2.05, 4.69) is 5.32 Å². The number of hydrogen-bond donors (Lipinski definition) is 1. The summed E-state index contributed by atoms with van der Waals surface area (Å²) in [6.45, 7) is 0. The first-order valence-electron chi connectivity index (χ1n) is 7.10. The monoisotopic (exact) mass is 355 g/mol. The summed E-state index contributed by atoms with van der Waals surface area (Å²) in [4.78, 5) is 12.5. The molecule has 2 aromatic carbocycles. The molecule has 1 amide bonds. The summed E-state index contributed by atoms with van der Waals surface area (Å²) in [7, 11) is 3.50. The van der Waals surface area contributed by atoms with Crippen LogP contribution in [0.5, 0.6) is 17.2 Å². The van der Waals surface area contributed by atoms with Crippen molar-refractivity contribution in [2.75, 3.05) is 26.6 Å². The fourth-order valence-corrected chi connectivity index (χ4v) is 2.34. The van der Waals surface area contributed by atoms with E-state index in [-0.39, 0.29) is 11.5 Å². The number of methoxy groups -OCH3 is 3. The molecule has 0 aromatic heterocycles. The van der Waals surface area contributed by atoms with Crippen LogP contribution in [0.2, 0.25) is 0 Å². The van der Waals surface area contributed by atoms with E-state index < -0.39 is 29.0 Å². The number of carbonyl (C=O) groups excluding carboxylic acids is 1. The minimum absolute atomic E-state index is 0.0504. The SMILES string of the molecule is COc1cc(C(=O)Nc2ccccc2)c(C(F)(F)F)c(OC)c1OC. The third kappa shape index (κ3) is 3.78. The van der Waals surface area contributed by atoms with Gasteiger partial charge in [-0.25, -0.2) is 0 Å². The molecule has 0 aliphatic heterocycles. The Balaban J connectivity index is 2.64. The number of nitrogens with one attached hydrogen (secondary N) is 1. The Hall–Kier alpha value is -2.90. The summed E-state index contributed by atoms with van der Waals surface area (Å²) in [6.07, 6.45) is -4.84. The average molecular weight is 355 g/mol. The average Bonchev–Trinajstić information content (AvgIpc) is 2.59. The highest BCUT2D eigenvalue weighted by Crippen LogP contribution is 2.48. The van der Waals surface area contributed by atoms with Gasteiger partial charge in [0.05, 0.1) is 26.9 Å². The molecule has 0 heterocycles. The summed E-state index contributed by atoms with van der Waals surface area (Å²) in [5, 5.41) is 2.42. The van der Waals surface area contributed by atoms with E-state index >= 15 is 0 Å². The lowest BCUT2D eigenvalue weighted by molar-refractivity contribution is -0.139. The Kier molecular flexibility index (Phi) is 5.41. The molecule has 0 saturated carbocycles. The van der Waals surface area contributed by atoms with Crippen LogP contribution in [0.15, 0.2) is 36.4 Å². The molecule has 1 N–H and O–H groups in total. The molecule has 0 radical (unpaired) electrons. The second-order valence-corrected chi connectivity index (χ2v) is 4.89. The topological polar surface area (TPSA) is 56.8 Å². The number of carbonyl (C=O) groups is 1. The van der Waals surface area contributed by atoms with Gasteiger partial charge >= 0.3 is 6.18 Å². The van der Waals surface area contributed by atoms with Gasteiger partial charge in [0.15, 0.2) is 11.5 Å². The van der Waals surface area contributed by atoms with Gasteiger partial charge in [-0.2, -0.15) is 13.2 Å². The summed E-state index contributed by atoms with van der Waals surface area (Å²) < 4.78 is 55.6. The first kappa shape index (κ1) is 18.4. The van der Waals surface area contributed by atoms with E-state index in [1.807, 2.05) is 0 Å². The lowest BCUT2D eigenvalue weighted by Gasteiger charge is -2.20. The van der Waals surface area contributed by atoms with Gasteiger partial charge in [0.1, 0.15) is 5.56 Å². The molecule has 134 valence electrons. The van der Waals surface area contributed by atoms with Crippen LogP contribution in [0.25, 0.3) is 0 Å². The highest BCUT2D eigenvalue weighted by atomic mass is 19.4. The summed E-state index contributed by atoms with van der Waals surface area (Å²) in [6, 6.07) is 9.11. The number of hydrogen-bond acceptors (Lipinski definition) is 4. The van der Waals surface area contributed by atoms with Crippen LogP contribution in [-0.4, -0.2) is 27.2 Å². The molecule has 5 nitrogen and oxygen atoms in total. The number of alkyl halides is 3. The van der Waals surface area contributed by atoms with Crippen molar-refractivity contribution in [1.82, 2.24) is 0 Å². The molecule has 25 heavy (non-hydrogen) atoms. The standard InChI is InChI=1S/C17H16F3NO4/c1-23-12-9-11(16(22)21-10-7-5-4-6-8-10)13(17(18,19)20)15(25-3)14(12)24-2/h4-9H,1-3H3,(H,21,22). The Morgan fingerprint density at radius 1 is 0.960 bits per heavy atom. The Morgan fingerprint density at radius 2 is 1.56 bits per heavy atom. The number of para-hydroxylation sites is 1. The van der Waals surface area contributed by atoms with Crippen molar-refractivity contribution >= 4 is 11.6 Å². The predicted molar refractivity (Wildman–Crippen MR) is 85.5 cm³/mol. The van der Waals surface area contributed by atoms with Crippen molar-refractivity contribution in [2.24, 2.45) is 0 Å². The molecular weight excluding hydrogens is 339 g/mol. The zero-order chi connectivity index (χ0) is 18.6. The predicted octanol–water partition coefficient (Wildman–Crippen LogP) is 3.98. The van der Waals surface area contributed by atoms with Crippen LogP contribution in [0.1, 0.15) is 15.9 Å². The number of benzene rings is 2. The molecule has 0 aliphatic rings. The molecule has 0 spiro atoms. The molecule has 0 aliphatic carbocycles. The quantitative estimate of drug-likeness (QED) is 0.881. The molecule has 0 fully saturated rings. The Morgan fingerprint density at radius 3 is 2.04 bits per heavy atom. The summed E-state index contributed by atoms with van der Waals surface area (Å²) in [5.41, 5.74) is -1.51. The maximum Gasteiger partial charge on any atom is 0.420 e. The maximum absolute atomic E-state index is 13.6. The second kappa shape index (κ2) is 7.33. The van der Waals surface area contributed by atoms with Crippen molar-refractivity contribution in [1.29, 1.82) is 0 Å². The second-order valence-electron chi connectivity index (χ2n) is 4.89. The van der Waals surface area contributed by atoms with E-state index in [4.69, 9.17) is 14.2 Å². The third-order valence-electron chi connectivity index (χ3n) is 3.39. The molecule has 0 saturated heterocycles. The van der Waals surface area contributed by atoms with E-state index in [9.17, 15) is 18.0 Å². The zero-order valence-electron chi connectivity index (χ0n) is 13.7. The van der Waals surface area contributed by atoms with Crippen molar-refractivity contribution < 1.29 is 32.2 Å². The number of halogens is 3. The van der Waals surface area contributed by atoms with Crippen LogP contribution in [0, 0.1) is 0 Å². The molecule has 2 aromatic rings. The highest BCUT2D eigenvalue weighted by Gasteiger charge is 2.41. The normalized spacial score (nSPS) is 11.0. The first-order chi connectivity index (χ1) is 11.8. The summed E-state index contributed by atoms with van der Waals surface area (Å²) in [5.74, 6) is -1.86. The number of rotatable bonds is 5. The molecule has 8 heteroatoms. The highest BCUT2D eigenvalue weighted by molar-refractivity contribution is 6.06.